The zero-order valence-electron chi connectivity index (χ0n) is 16.8. The standard InChI is InChI=1S/C25H31N/c1-19(17-25(5,6)24(2,3)4)26-18-22-13-8-7-11-20(22)15-16-21-12-9-10-14-23(21)26/h7-16H,1,17-18H2,2-6H3/b16-15-. The van der Waals surface area contributed by atoms with E-state index in [1.165, 1.54) is 28.1 Å². The molecule has 1 aliphatic heterocycles. The van der Waals surface area contributed by atoms with Crippen LogP contribution in [0.3, 0.4) is 0 Å². The maximum absolute atomic E-state index is 4.52. The Morgan fingerprint density at radius 3 is 2.15 bits per heavy atom. The van der Waals surface area contributed by atoms with Crippen molar-refractivity contribution in [3.63, 3.8) is 0 Å². The van der Waals surface area contributed by atoms with Crippen molar-refractivity contribution in [2.75, 3.05) is 4.90 Å². The number of benzene rings is 2. The number of hydrogen-bond acceptors (Lipinski definition) is 1. The van der Waals surface area contributed by atoms with Gasteiger partial charge >= 0.3 is 0 Å². The monoisotopic (exact) mass is 345 g/mol. The van der Waals surface area contributed by atoms with Crippen LogP contribution in [0.4, 0.5) is 5.69 Å². The third kappa shape index (κ3) is 3.62. The first-order valence-corrected chi connectivity index (χ1v) is 9.49. The van der Waals surface area contributed by atoms with Crippen molar-refractivity contribution in [2.24, 2.45) is 10.8 Å². The van der Waals surface area contributed by atoms with E-state index in [9.17, 15) is 0 Å². The first kappa shape index (κ1) is 18.5. The van der Waals surface area contributed by atoms with Gasteiger partial charge in [-0.1, -0.05) is 95.8 Å². The Morgan fingerprint density at radius 2 is 1.46 bits per heavy atom. The fourth-order valence-electron chi connectivity index (χ4n) is 3.30. The lowest BCUT2D eigenvalue weighted by Crippen LogP contribution is -2.34. The van der Waals surface area contributed by atoms with E-state index in [1.54, 1.807) is 0 Å². The largest absolute Gasteiger partial charge is 0.341 e. The number of allylic oxidation sites excluding steroid dienone is 1. The Hall–Kier alpha value is -2.28. The van der Waals surface area contributed by atoms with E-state index in [0.29, 0.717) is 0 Å². The average Bonchev–Trinajstić information content (AvgIpc) is 2.55. The molecule has 3 rings (SSSR count). The molecule has 0 unspecified atom stereocenters. The summed E-state index contributed by atoms with van der Waals surface area (Å²) in [6, 6.07) is 17.3. The van der Waals surface area contributed by atoms with Gasteiger partial charge < -0.3 is 4.90 Å². The van der Waals surface area contributed by atoms with Crippen LogP contribution < -0.4 is 4.90 Å². The summed E-state index contributed by atoms with van der Waals surface area (Å²) in [5, 5.41) is 0. The van der Waals surface area contributed by atoms with Crippen molar-refractivity contribution in [1.82, 2.24) is 0 Å². The van der Waals surface area contributed by atoms with Gasteiger partial charge in [0, 0.05) is 17.9 Å². The third-order valence-corrected chi connectivity index (χ3v) is 6.11. The lowest BCUT2D eigenvalue weighted by atomic mass is 9.67. The molecule has 0 atom stereocenters. The van der Waals surface area contributed by atoms with Gasteiger partial charge in [-0.05, 0) is 40.0 Å². The molecule has 0 spiro atoms. The first-order chi connectivity index (χ1) is 12.2. The fourth-order valence-corrected chi connectivity index (χ4v) is 3.30. The third-order valence-electron chi connectivity index (χ3n) is 6.11. The highest BCUT2D eigenvalue weighted by atomic mass is 15.1. The maximum Gasteiger partial charge on any atom is 0.0484 e. The molecule has 1 heterocycles. The van der Waals surface area contributed by atoms with Gasteiger partial charge in [0.1, 0.15) is 0 Å². The molecule has 0 amide bonds. The Bertz CT molecular complexity index is 833. The van der Waals surface area contributed by atoms with Crippen LogP contribution in [-0.2, 0) is 6.54 Å². The molecule has 0 saturated carbocycles. The van der Waals surface area contributed by atoms with E-state index in [4.69, 9.17) is 0 Å². The average molecular weight is 346 g/mol. The normalized spacial score (nSPS) is 15.5. The summed E-state index contributed by atoms with van der Waals surface area (Å²) in [4.78, 5) is 2.41. The predicted molar refractivity (Wildman–Crippen MR) is 115 cm³/mol. The number of anilines is 1. The van der Waals surface area contributed by atoms with Gasteiger partial charge in [0.25, 0.3) is 0 Å². The SMILES string of the molecule is C=C(CC(C)(C)C(C)(C)C)N1Cc2ccccc2/C=C\c2ccccc21. The summed E-state index contributed by atoms with van der Waals surface area (Å²) in [6.07, 6.45) is 5.42. The lowest BCUT2D eigenvalue weighted by molar-refractivity contribution is 0.131. The zero-order chi connectivity index (χ0) is 18.9. The van der Waals surface area contributed by atoms with Gasteiger partial charge in [0.05, 0.1) is 0 Å². The van der Waals surface area contributed by atoms with E-state index in [2.05, 4.69) is 107 Å². The summed E-state index contributed by atoms with van der Waals surface area (Å²) in [6.45, 7) is 17.0. The summed E-state index contributed by atoms with van der Waals surface area (Å²) >= 11 is 0. The smallest absolute Gasteiger partial charge is 0.0484 e. The Morgan fingerprint density at radius 1 is 0.885 bits per heavy atom. The number of fused-ring (bicyclic) bond motifs is 2. The highest BCUT2D eigenvalue weighted by Gasteiger charge is 2.34. The van der Waals surface area contributed by atoms with E-state index in [0.717, 1.165) is 13.0 Å². The molecule has 1 heteroatoms. The second-order valence-electron chi connectivity index (χ2n) is 9.05. The molecule has 1 aliphatic rings. The second kappa shape index (κ2) is 6.79. The van der Waals surface area contributed by atoms with Crippen molar-refractivity contribution < 1.29 is 0 Å². The van der Waals surface area contributed by atoms with Crippen LogP contribution in [0.2, 0.25) is 0 Å². The molecular formula is C25H31N. The van der Waals surface area contributed by atoms with E-state index >= 15 is 0 Å². The molecule has 0 aromatic heterocycles. The molecule has 2 aromatic carbocycles. The minimum absolute atomic E-state index is 0.163. The molecule has 0 saturated heterocycles. The van der Waals surface area contributed by atoms with Gasteiger partial charge in [-0.25, -0.2) is 0 Å². The molecule has 0 N–H and O–H groups in total. The zero-order valence-corrected chi connectivity index (χ0v) is 16.8. The van der Waals surface area contributed by atoms with Crippen molar-refractivity contribution in [1.29, 1.82) is 0 Å². The minimum atomic E-state index is 0.163. The van der Waals surface area contributed by atoms with E-state index in [1.807, 2.05) is 0 Å². The van der Waals surface area contributed by atoms with E-state index in [-0.39, 0.29) is 10.8 Å². The number of rotatable bonds is 3. The molecule has 26 heavy (non-hydrogen) atoms. The molecule has 0 radical (unpaired) electrons. The Labute approximate surface area is 159 Å². The highest BCUT2D eigenvalue weighted by molar-refractivity contribution is 5.80. The molecule has 0 aliphatic carbocycles. The molecular weight excluding hydrogens is 314 g/mol. The fraction of sp³-hybridized carbons (Fsp3) is 0.360. The van der Waals surface area contributed by atoms with Gasteiger partial charge in [-0.15, -0.1) is 0 Å². The van der Waals surface area contributed by atoms with Crippen LogP contribution in [0.25, 0.3) is 12.2 Å². The minimum Gasteiger partial charge on any atom is -0.341 e. The first-order valence-electron chi connectivity index (χ1n) is 9.49. The number of para-hydroxylation sites is 1. The summed E-state index contributed by atoms with van der Waals surface area (Å²) in [5.74, 6) is 0. The maximum atomic E-state index is 4.52. The van der Waals surface area contributed by atoms with Crippen LogP contribution in [0.15, 0.2) is 60.8 Å². The van der Waals surface area contributed by atoms with Crippen LogP contribution in [0.1, 0.15) is 57.7 Å². The summed E-state index contributed by atoms with van der Waals surface area (Å²) < 4.78 is 0. The Balaban J connectivity index is 2.03. The predicted octanol–water partition coefficient (Wildman–Crippen LogP) is 7.15. The van der Waals surface area contributed by atoms with Crippen molar-refractivity contribution in [3.05, 3.63) is 77.5 Å². The number of hydrogen-bond donors (Lipinski definition) is 0. The van der Waals surface area contributed by atoms with Crippen molar-refractivity contribution in [2.45, 2.75) is 47.6 Å². The molecule has 1 nitrogen and oxygen atoms in total. The van der Waals surface area contributed by atoms with Gasteiger partial charge in [0.15, 0.2) is 0 Å². The summed E-state index contributed by atoms with van der Waals surface area (Å²) in [7, 11) is 0. The lowest BCUT2D eigenvalue weighted by Gasteiger charge is -2.42. The molecule has 2 aromatic rings. The van der Waals surface area contributed by atoms with Gasteiger partial charge in [-0.2, -0.15) is 0 Å². The molecule has 136 valence electrons. The molecule has 0 bridgehead atoms. The topological polar surface area (TPSA) is 3.24 Å². The Kier molecular flexibility index (Phi) is 4.84. The molecule has 0 fully saturated rings. The van der Waals surface area contributed by atoms with Crippen LogP contribution in [0, 0.1) is 10.8 Å². The van der Waals surface area contributed by atoms with Crippen molar-refractivity contribution in [3.8, 4) is 0 Å². The highest BCUT2D eigenvalue weighted by Crippen LogP contribution is 2.44. The second-order valence-corrected chi connectivity index (χ2v) is 9.05. The quantitative estimate of drug-likeness (QED) is 0.570. The van der Waals surface area contributed by atoms with Gasteiger partial charge in [0.2, 0.25) is 0 Å². The summed E-state index contributed by atoms with van der Waals surface area (Å²) in [5.41, 5.74) is 6.68. The van der Waals surface area contributed by atoms with Crippen LogP contribution in [0.5, 0.6) is 0 Å². The van der Waals surface area contributed by atoms with Gasteiger partial charge in [-0.3, -0.25) is 0 Å². The number of nitrogens with zero attached hydrogens (tertiary/aromatic N) is 1. The van der Waals surface area contributed by atoms with Crippen LogP contribution in [-0.4, -0.2) is 0 Å². The van der Waals surface area contributed by atoms with Crippen LogP contribution >= 0.6 is 0 Å². The van der Waals surface area contributed by atoms with E-state index < -0.39 is 0 Å². The van der Waals surface area contributed by atoms with Crippen molar-refractivity contribution >= 4 is 17.8 Å².